The summed E-state index contributed by atoms with van der Waals surface area (Å²) in [5.74, 6) is 2.60. The number of amides is 1. The standard InChI is InChI=1S/C15H27N5O/c1-6-12-18-14(16-5)11(4)15(19-12)17-10-9-13(21)20(7-2)8-3/h6-10H2,1-5H3,(H2,16,17,18,19). The molecule has 0 atom stereocenters. The number of hydrogen-bond donors (Lipinski definition) is 2. The Morgan fingerprint density at radius 1 is 1.14 bits per heavy atom. The normalized spacial score (nSPS) is 10.3. The van der Waals surface area contributed by atoms with Crippen molar-refractivity contribution in [3.8, 4) is 0 Å². The van der Waals surface area contributed by atoms with Crippen molar-refractivity contribution >= 4 is 17.5 Å². The van der Waals surface area contributed by atoms with Crippen molar-refractivity contribution in [2.45, 2.75) is 40.5 Å². The Balaban J connectivity index is 2.69. The van der Waals surface area contributed by atoms with Gasteiger partial charge in [-0.25, -0.2) is 9.97 Å². The van der Waals surface area contributed by atoms with E-state index in [4.69, 9.17) is 0 Å². The molecule has 0 aromatic carbocycles. The molecule has 6 nitrogen and oxygen atoms in total. The molecule has 21 heavy (non-hydrogen) atoms. The van der Waals surface area contributed by atoms with E-state index in [0.717, 1.165) is 42.5 Å². The Bertz CT molecular complexity index is 471. The second-order valence-electron chi connectivity index (χ2n) is 4.81. The van der Waals surface area contributed by atoms with Gasteiger partial charge in [0.05, 0.1) is 0 Å². The van der Waals surface area contributed by atoms with Gasteiger partial charge >= 0.3 is 0 Å². The zero-order valence-corrected chi connectivity index (χ0v) is 13.8. The van der Waals surface area contributed by atoms with Gasteiger partial charge in [-0.05, 0) is 20.8 Å². The van der Waals surface area contributed by atoms with Gasteiger partial charge in [0.15, 0.2) is 0 Å². The van der Waals surface area contributed by atoms with Crippen LogP contribution in [0.2, 0.25) is 0 Å². The van der Waals surface area contributed by atoms with Gasteiger partial charge in [-0.3, -0.25) is 4.79 Å². The van der Waals surface area contributed by atoms with Crippen LogP contribution in [-0.2, 0) is 11.2 Å². The first-order valence-corrected chi connectivity index (χ1v) is 7.64. The molecule has 1 rings (SSSR count). The van der Waals surface area contributed by atoms with E-state index in [1.165, 1.54) is 0 Å². The SMILES string of the molecule is CCc1nc(NC)c(C)c(NCCC(=O)N(CC)CC)n1. The molecule has 1 heterocycles. The van der Waals surface area contributed by atoms with E-state index in [1.807, 2.05) is 39.6 Å². The Morgan fingerprint density at radius 3 is 2.29 bits per heavy atom. The average molecular weight is 293 g/mol. The zero-order valence-electron chi connectivity index (χ0n) is 13.8. The molecule has 1 aromatic heterocycles. The molecular formula is C15H27N5O. The second-order valence-corrected chi connectivity index (χ2v) is 4.81. The van der Waals surface area contributed by atoms with E-state index in [9.17, 15) is 4.79 Å². The van der Waals surface area contributed by atoms with Crippen LogP contribution in [0.4, 0.5) is 11.6 Å². The van der Waals surface area contributed by atoms with Crippen molar-refractivity contribution in [2.75, 3.05) is 37.3 Å². The highest BCUT2D eigenvalue weighted by Crippen LogP contribution is 2.19. The third-order valence-corrected chi connectivity index (χ3v) is 3.49. The van der Waals surface area contributed by atoms with Crippen LogP contribution in [0.25, 0.3) is 0 Å². The van der Waals surface area contributed by atoms with Crippen LogP contribution in [0.5, 0.6) is 0 Å². The fraction of sp³-hybridized carbons (Fsp3) is 0.667. The quantitative estimate of drug-likeness (QED) is 0.768. The predicted molar refractivity (Wildman–Crippen MR) is 86.7 cm³/mol. The van der Waals surface area contributed by atoms with Crippen molar-refractivity contribution in [3.05, 3.63) is 11.4 Å². The number of rotatable bonds is 8. The molecule has 0 aliphatic rings. The number of aromatic nitrogens is 2. The van der Waals surface area contributed by atoms with Gasteiger partial charge in [0.2, 0.25) is 5.91 Å². The van der Waals surface area contributed by atoms with E-state index < -0.39 is 0 Å². The van der Waals surface area contributed by atoms with Crippen LogP contribution in [0, 0.1) is 6.92 Å². The van der Waals surface area contributed by atoms with Crippen LogP contribution in [0.1, 0.15) is 38.6 Å². The molecule has 118 valence electrons. The molecule has 0 bridgehead atoms. The molecule has 0 spiro atoms. The molecule has 0 fully saturated rings. The van der Waals surface area contributed by atoms with E-state index >= 15 is 0 Å². The molecule has 0 radical (unpaired) electrons. The molecule has 2 N–H and O–H groups in total. The number of nitrogens with one attached hydrogen (secondary N) is 2. The van der Waals surface area contributed by atoms with Crippen molar-refractivity contribution in [2.24, 2.45) is 0 Å². The molecule has 0 unspecified atom stereocenters. The Morgan fingerprint density at radius 2 is 1.76 bits per heavy atom. The summed E-state index contributed by atoms with van der Waals surface area (Å²) in [5.41, 5.74) is 0.977. The maximum Gasteiger partial charge on any atom is 0.224 e. The molecule has 0 aliphatic heterocycles. The Hall–Kier alpha value is -1.85. The molecule has 0 saturated carbocycles. The van der Waals surface area contributed by atoms with Gasteiger partial charge in [-0.15, -0.1) is 0 Å². The highest BCUT2D eigenvalue weighted by molar-refractivity contribution is 5.76. The van der Waals surface area contributed by atoms with Crippen LogP contribution < -0.4 is 10.6 Å². The Kier molecular flexibility index (Phi) is 6.91. The molecule has 0 aliphatic carbocycles. The number of hydrogen-bond acceptors (Lipinski definition) is 5. The van der Waals surface area contributed by atoms with E-state index in [0.29, 0.717) is 13.0 Å². The zero-order chi connectivity index (χ0) is 15.8. The molecule has 1 amide bonds. The van der Waals surface area contributed by atoms with Gasteiger partial charge in [0.25, 0.3) is 0 Å². The number of aryl methyl sites for hydroxylation is 1. The molecular weight excluding hydrogens is 266 g/mol. The van der Waals surface area contributed by atoms with Crippen molar-refractivity contribution in [1.82, 2.24) is 14.9 Å². The van der Waals surface area contributed by atoms with Gasteiger partial charge in [-0.2, -0.15) is 0 Å². The van der Waals surface area contributed by atoms with Crippen molar-refractivity contribution in [3.63, 3.8) is 0 Å². The summed E-state index contributed by atoms with van der Waals surface area (Å²) >= 11 is 0. The number of carbonyl (C=O) groups excluding carboxylic acids is 1. The van der Waals surface area contributed by atoms with Crippen LogP contribution in [-0.4, -0.2) is 47.5 Å². The number of anilines is 2. The number of nitrogens with zero attached hydrogens (tertiary/aromatic N) is 3. The first kappa shape index (κ1) is 17.2. The fourth-order valence-electron chi connectivity index (χ4n) is 2.16. The summed E-state index contributed by atoms with van der Waals surface area (Å²) in [6, 6.07) is 0. The van der Waals surface area contributed by atoms with Crippen molar-refractivity contribution in [1.29, 1.82) is 0 Å². The minimum atomic E-state index is 0.170. The van der Waals surface area contributed by atoms with Crippen molar-refractivity contribution < 1.29 is 4.79 Å². The number of carbonyl (C=O) groups is 1. The topological polar surface area (TPSA) is 70.2 Å². The van der Waals surface area contributed by atoms with Crippen LogP contribution >= 0.6 is 0 Å². The maximum absolute atomic E-state index is 12.0. The van der Waals surface area contributed by atoms with E-state index in [2.05, 4.69) is 20.6 Å². The third-order valence-electron chi connectivity index (χ3n) is 3.49. The third kappa shape index (κ3) is 4.58. The summed E-state index contributed by atoms with van der Waals surface area (Å²) in [5, 5.41) is 6.34. The lowest BCUT2D eigenvalue weighted by atomic mass is 10.2. The predicted octanol–water partition coefficient (Wildman–Crippen LogP) is 2.06. The molecule has 1 aromatic rings. The summed E-state index contributed by atoms with van der Waals surface area (Å²) in [6.07, 6.45) is 1.25. The molecule has 6 heteroatoms. The summed E-state index contributed by atoms with van der Waals surface area (Å²) in [6.45, 7) is 10.1. The minimum Gasteiger partial charge on any atom is -0.373 e. The van der Waals surface area contributed by atoms with Gasteiger partial charge in [0, 0.05) is 45.1 Å². The smallest absolute Gasteiger partial charge is 0.224 e. The first-order chi connectivity index (χ1) is 10.1. The average Bonchev–Trinajstić information content (AvgIpc) is 2.50. The van der Waals surface area contributed by atoms with Crippen LogP contribution in [0.3, 0.4) is 0 Å². The van der Waals surface area contributed by atoms with Gasteiger partial charge < -0.3 is 15.5 Å². The summed E-state index contributed by atoms with van der Waals surface area (Å²) < 4.78 is 0. The second kappa shape index (κ2) is 8.44. The lowest BCUT2D eigenvalue weighted by molar-refractivity contribution is -0.130. The Labute approximate surface area is 127 Å². The van der Waals surface area contributed by atoms with E-state index in [-0.39, 0.29) is 5.91 Å². The highest BCUT2D eigenvalue weighted by Gasteiger charge is 2.11. The van der Waals surface area contributed by atoms with Gasteiger partial charge in [-0.1, -0.05) is 6.92 Å². The summed E-state index contributed by atoms with van der Waals surface area (Å²) in [7, 11) is 1.85. The fourth-order valence-corrected chi connectivity index (χ4v) is 2.16. The van der Waals surface area contributed by atoms with E-state index in [1.54, 1.807) is 0 Å². The monoisotopic (exact) mass is 293 g/mol. The minimum absolute atomic E-state index is 0.170. The first-order valence-electron chi connectivity index (χ1n) is 7.64. The lowest BCUT2D eigenvalue weighted by Gasteiger charge is -2.19. The largest absolute Gasteiger partial charge is 0.373 e. The lowest BCUT2D eigenvalue weighted by Crippen LogP contribution is -2.31. The van der Waals surface area contributed by atoms with Gasteiger partial charge in [0.1, 0.15) is 17.5 Å². The molecule has 0 saturated heterocycles. The highest BCUT2D eigenvalue weighted by atomic mass is 16.2. The summed E-state index contributed by atoms with van der Waals surface area (Å²) in [4.78, 5) is 22.7. The maximum atomic E-state index is 12.0. The van der Waals surface area contributed by atoms with Crippen LogP contribution in [0.15, 0.2) is 0 Å².